The number of allylic oxidation sites excluding steroid dienone is 1. The summed E-state index contributed by atoms with van der Waals surface area (Å²) in [6.07, 6.45) is 0. The molecule has 4 nitrogen and oxygen atoms in total. The number of carbonyl (C=O) groups is 1. The van der Waals surface area contributed by atoms with Gasteiger partial charge in [-0.25, -0.2) is 4.79 Å². The number of halogens is 2. The van der Waals surface area contributed by atoms with Gasteiger partial charge in [-0.1, -0.05) is 68.2 Å². The maximum atomic E-state index is 12.8. The van der Waals surface area contributed by atoms with Crippen molar-refractivity contribution in [1.29, 1.82) is 0 Å². The largest absolute Gasteiger partial charge is 0.462 e. The molecule has 0 spiro atoms. The zero-order valence-electron chi connectivity index (χ0n) is 17.9. The SMILES string of the molecule is CCOC(=O)C1=C(C(C)(C)C)N2C(=NC(c3ccc(Cl)cc3)C2c2ccc(Cl)cc2)S1. The van der Waals surface area contributed by atoms with Crippen molar-refractivity contribution in [2.75, 3.05) is 6.61 Å². The van der Waals surface area contributed by atoms with Crippen LogP contribution in [0, 0.1) is 5.41 Å². The minimum Gasteiger partial charge on any atom is -0.462 e. The third-order valence-electron chi connectivity index (χ3n) is 5.28. The van der Waals surface area contributed by atoms with Crippen LogP contribution >= 0.6 is 35.0 Å². The van der Waals surface area contributed by atoms with Crippen molar-refractivity contribution < 1.29 is 9.53 Å². The minimum absolute atomic E-state index is 0.109. The van der Waals surface area contributed by atoms with Crippen LogP contribution in [0.5, 0.6) is 0 Å². The van der Waals surface area contributed by atoms with Crippen molar-refractivity contribution in [3.05, 3.63) is 80.3 Å². The Hall–Kier alpha value is -1.95. The first kappa shape index (κ1) is 22.3. The summed E-state index contributed by atoms with van der Waals surface area (Å²) in [5.74, 6) is -0.299. The molecule has 0 N–H and O–H groups in total. The highest BCUT2D eigenvalue weighted by Crippen LogP contribution is 2.55. The third-order valence-corrected chi connectivity index (χ3v) is 6.83. The lowest BCUT2D eigenvalue weighted by Gasteiger charge is -2.35. The highest BCUT2D eigenvalue weighted by molar-refractivity contribution is 8.18. The normalized spacial score (nSPS) is 20.7. The van der Waals surface area contributed by atoms with Crippen LogP contribution in [-0.2, 0) is 9.53 Å². The van der Waals surface area contributed by atoms with E-state index in [4.69, 9.17) is 32.9 Å². The molecule has 2 aliphatic heterocycles. The second kappa shape index (κ2) is 8.53. The summed E-state index contributed by atoms with van der Waals surface area (Å²) in [5.41, 5.74) is 2.80. The molecule has 2 aliphatic rings. The number of benzene rings is 2. The molecule has 0 amide bonds. The topological polar surface area (TPSA) is 41.9 Å². The summed E-state index contributed by atoms with van der Waals surface area (Å²) in [6, 6.07) is 15.4. The number of rotatable bonds is 4. The molecule has 0 aliphatic carbocycles. The molecule has 2 heterocycles. The Kier molecular flexibility index (Phi) is 6.12. The Bertz CT molecular complexity index is 1060. The van der Waals surface area contributed by atoms with Crippen LogP contribution in [0.15, 0.2) is 64.1 Å². The van der Waals surface area contributed by atoms with Crippen LogP contribution in [-0.4, -0.2) is 22.6 Å². The molecule has 0 radical (unpaired) electrons. The first-order chi connectivity index (χ1) is 14.7. The predicted molar refractivity (Wildman–Crippen MR) is 128 cm³/mol. The van der Waals surface area contributed by atoms with Gasteiger partial charge in [-0.2, -0.15) is 0 Å². The molecule has 162 valence electrons. The Morgan fingerprint density at radius 3 is 2.10 bits per heavy atom. The molecule has 0 bridgehead atoms. The van der Waals surface area contributed by atoms with E-state index in [1.54, 1.807) is 0 Å². The van der Waals surface area contributed by atoms with Gasteiger partial charge < -0.3 is 9.64 Å². The number of amidine groups is 1. The summed E-state index contributed by atoms with van der Waals surface area (Å²) in [5, 5.41) is 2.18. The molecule has 31 heavy (non-hydrogen) atoms. The summed E-state index contributed by atoms with van der Waals surface area (Å²) in [4.78, 5) is 20.7. The molecular weight excluding hydrogens is 451 g/mol. The second-order valence-corrected chi connectivity index (χ2v) is 10.4. The van der Waals surface area contributed by atoms with E-state index in [2.05, 4.69) is 25.7 Å². The van der Waals surface area contributed by atoms with Crippen molar-refractivity contribution in [3.63, 3.8) is 0 Å². The molecule has 4 rings (SSSR count). The van der Waals surface area contributed by atoms with E-state index in [-0.39, 0.29) is 23.5 Å². The zero-order chi connectivity index (χ0) is 22.3. The number of ether oxygens (including phenoxy) is 1. The standard InChI is InChI=1S/C24H24Cl2N2O2S/c1-5-30-22(29)20-21(24(2,3)4)28-19(15-8-12-17(26)13-9-15)18(27-23(28)31-20)14-6-10-16(25)11-7-14/h6-13,18-19H,5H2,1-4H3. The second-order valence-electron chi connectivity index (χ2n) is 8.52. The first-order valence-electron chi connectivity index (χ1n) is 10.2. The number of hydrogen-bond donors (Lipinski definition) is 0. The van der Waals surface area contributed by atoms with Gasteiger partial charge in [0.2, 0.25) is 0 Å². The van der Waals surface area contributed by atoms with E-state index in [9.17, 15) is 4.79 Å². The average molecular weight is 475 g/mol. The molecule has 2 aromatic carbocycles. The molecule has 0 fully saturated rings. The summed E-state index contributed by atoms with van der Waals surface area (Å²) < 4.78 is 5.37. The lowest BCUT2D eigenvalue weighted by atomic mass is 9.87. The van der Waals surface area contributed by atoms with E-state index in [0.29, 0.717) is 21.6 Å². The number of esters is 1. The van der Waals surface area contributed by atoms with Gasteiger partial charge in [0.15, 0.2) is 5.17 Å². The smallest absolute Gasteiger partial charge is 0.346 e. The highest BCUT2D eigenvalue weighted by Gasteiger charge is 2.49. The van der Waals surface area contributed by atoms with E-state index in [0.717, 1.165) is 22.0 Å². The summed E-state index contributed by atoms with van der Waals surface area (Å²) >= 11 is 13.7. The van der Waals surface area contributed by atoms with Crippen LogP contribution in [0.3, 0.4) is 0 Å². The van der Waals surface area contributed by atoms with Crippen molar-refractivity contribution >= 4 is 46.1 Å². The number of carbonyl (C=O) groups excluding carboxylic acids is 1. The quantitative estimate of drug-likeness (QED) is 0.446. The summed E-state index contributed by atoms with van der Waals surface area (Å²) in [6.45, 7) is 8.49. The maximum absolute atomic E-state index is 12.8. The van der Waals surface area contributed by atoms with Crippen molar-refractivity contribution in [2.45, 2.75) is 39.8 Å². The number of aliphatic imine (C=N–C) groups is 1. The minimum atomic E-state index is -0.299. The lowest BCUT2D eigenvalue weighted by Crippen LogP contribution is -2.33. The maximum Gasteiger partial charge on any atom is 0.346 e. The fraction of sp³-hybridized carbons (Fsp3) is 0.333. The fourth-order valence-electron chi connectivity index (χ4n) is 4.02. The van der Waals surface area contributed by atoms with Gasteiger partial charge in [-0.3, -0.25) is 4.99 Å². The molecule has 7 heteroatoms. The van der Waals surface area contributed by atoms with E-state index in [1.165, 1.54) is 11.8 Å². The number of fused-ring (bicyclic) bond motifs is 1. The Labute approximate surface area is 197 Å². The Morgan fingerprint density at radius 2 is 1.58 bits per heavy atom. The van der Waals surface area contributed by atoms with Gasteiger partial charge in [0.05, 0.1) is 12.6 Å². The van der Waals surface area contributed by atoms with Crippen molar-refractivity contribution in [3.8, 4) is 0 Å². The number of thioether (sulfide) groups is 1. The van der Waals surface area contributed by atoms with Gasteiger partial charge in [-0.15, -0.1) is 0 Å². The van der Waals surface area contributed by atoms with Crippen LogP contribution in [0.4, 0.5) is 0 Å². The van der Waals surface area contributed by atoms with Crippen LogP contribution in [0.2, 0.25) is 10.0 Å². The highest BCUT2D eigenvalue weighted by atomic mass is 35.5. The van der Waals surface area contributed by atoms with Crippen LogP contribution in [0.25, 0.3) is 0 Å². The van der Waals surface area contributed by atoms with Gasteiger partial charge in [-0.05, 0) is 54.1 Å². The summed E-state index contributed by atoms with van der Waals surface area (Å²) in [7, 11) is 0. The fourth-order valence-corrected chi connectivity index (χ4v) is 5.56. The molecule has 0 saturated carbocycles. The molecular formula is C24H24Cl2N2O2S. The average Bonchev–Trinajstić information content (AvgIpc) is 3.25. The number of nitrogens with zero attached hydrogens (tertiary/aromatic N) is 2. The van der Waals surface area contributed by atoms with Crippen LogP contribution in [0.1, 0.15) is 50.9 Å². The molecule has 2 unspecified atom stereocenters. The zero-order valence-corrected chi connectivity index (χ0v) is 20.2. The van der Waals surface area contributed by atoms with Crippen molar-refractivity contribution in [1.82, 2.24) is 4.90 Å². The Morgan fingerprint density at radius 1 is 1.03 bits per heavy atom. The van der Waals surface area contributed by atoms with Crippen LogP contribution < -0.4 is 0 Å². The van der Waals surface area contributed by atoms with E-state index < -0.39 is 0 Å². The molecule has 2 atom stereocenters. The van der Waals surface area contributed by atoms with E-state index in [1.807, 2.05) is 55.5 Å². The number of hydrogen-bond acceptors (Lipinski definition) is 5. The monoisotopic (exact) mass is 474 g/mol. The Balaban J connectivity index is 1.86. The van der Waals surface area contributed by atoms with Gasteiger partial charge >= 0.3 is 5.97 Å². The first-order valence-corrected chi connectivity index (χ1v) is 11.8. The van der Waals surface area contributed by atoms with Gasteiger partial charge in [0.25, 0.3) is 0 Å². The van der Waals surface area contributed by atoms with E-state index >= 15 is 0 Å². The molecule has 2 aromatic rings. The molecule has 0 aromatic heterocycles. The lowest BCUT2D eigenvalue weighted by molar-refractivity contribution is -0.137. The predicted octanol–water partition coefficient (Wildman–Crippen LogP) is 7.02. The van der Waals surface area contributed by atoms with Gasteiger partial charge in [0.1, 0.15) is 10.9 Å². The van der Waals surface area contributed by atoms with Crippen molar-refractivity contribution in [2.24, 2.45) is 10.4 Å². The van der Waals surface area contributed by atoms with Gasteiger partial charge in [0, 0.05) is 21.2 Å². The third kappa shape index (κ3) is 4.23. The molecule has 0 saturated heterocycles.